The van der Waals surface area contributed by atoms with Crippen molar-refractivity contribution in [2.45, 2.75) is 25.7 Å². The van der Waals surface area contributed by atoms with Crippen molar-refractivity contribution in [2.24, 2.45) is 5.92 Å². The molecule has 10 heavy (non-hydrogen) atoms. The molecule has 0 atom stereocenters. The van der Waals surface area contributed by atoms with E-state index in [0.29, 0.717) is 0 Å². The van der Waals surface area contributed by atoms with Gasteiger partial charge in [-0.15, -0.1) is 11.3 Å². The summed E-state index contributed by atoms with van der Waals surface area (Å²) in [4.78, 5) is 4.23. The molecule has 1 fully saturated rings. The molecule has 1 aliphatic carbocycles. The Morgan fingerprint density at radius 1 is 1.60 bits per heavy atom. The van der Waals surface area contributed by atoms with Gasteiger partial charge in [0.25, 0.3) is 0 Å². The highest BCUT2D eigenvalue weighted by Gasteiger charge is 2.20. The molecule has 0 unspecified atom stereocenters. The third-order valence-electron chi connectivity index (χ3n) is 1.99. The van der Waals surface area contributed by atoms with Crippen LogP contribution in [0.1, 0.15) is 25.0 Å². The summed E-state index contributed by atoms with van der Waals surface area (Å²) >= 11 is 1.70. The van der Waals surface area contributed by atoms with Crippen molar-refractivity contribution in [2.75, 3.05) is 0 Å². The van der Waals surface area contributed by atoms with Crippen LogP contribution in [0.25, 0.3) is 0 Å². The molecule has 0 aliphatic heterocycles. The van der Waals surface area contributed by atoms with Crippen LogP contribution in [0.2, 0.25) is 0 Å². The van der Waals surface area contributed by atoms with Gasteiger partial charge in [-0.3, -0.25) is 0 Å². The van der Waals surface area contributed by atoms with Crippen molar-refractivity contribution in [1.29, 1.82) is 0 Å². The summed E-state index contributed by atoms with van der Waals surface area (Å²) in [7, 11) is 0. The predicted octanol–water partition coefficient (Wildman–Crippen LogP) is 2.49. The maximum Gasteiger partial charge on any atom is 0.0794 e. The van der Waals surface area contributed by atoms with Gasteiger partial charge in [0.2, 0.25) is 0 Å². The van der Waals surface area contributed by atoms with Gasteiger partial charge in [0, 0.05) is 5.38 Å². The van der Waals surface area contributed by atoms with Crippen molar-refractivity contribution < 1.29 is 0 Å². The minimum absolute atomic E-state index is 1.04. The fourth-order valence-corrected chi connectivity index (χ4v) is 1.71. The van der Waals surface area contributed by atoms with E-state index < -0.39 is 0 Å². The molecule has 1 saturated carbocycles. The van der Waals surface area contributed by atoms with Gasteiger partial charge in [-0.05, 0) is 18.8 Å². The highest BCUT2D eigenvalue weighted by molar-refractivity contribution is 7.07. The van der Waals surface area contributed by atoms with Crippen LogP contribution in [0.15, 0.2) is 10.9 Å². The molecule has 0 saturated heterocycles. The number of hydrogen-bond acceptors (Lipinski definition) is 2. The highest BCUT2D eigenvalue weighted by Crippen LogP contribution is 2.33. The maximum atomic E-state index is 4.23. The van der Waals surface area contributed by atoms with Crippen LogP contribution in [-0.2, 0) is 6.42 Å². The summed E-state index contributed by atoms with van der Waals surface area (Å²) in [6.45, 7) is 0. The average Bonchev–Trinajstić information content (AvgIpc) is 2.63. The second kappa shape index (κ2) is 2.70. The van der Waals surface area contributed by atoms with Crippen LogP contribution in [0.5, 0.6) is 0 Å². The monoisotopic (exact) mass is 153 g/mol. The van der Waals surface area contributed by atoms with E-state index in [1.165, 1.54) is 31.4 Å². The Morgan fingerprint density at radius 3 is 3.10 bits per heavy atom. The average molecular weight is 153 g/mol. The zero-order valence-corrected chi connectivity index (χ0v) is 6.73. The lowest BCUT2D eigenvalue weighted by atomic mass is 10.2. The first-order valence-electron chi connectivity index (χ1n) is 3.82. The summed E-state index contributed by atoms with van der Waals surface area (Å²) in [5.41, 5.74) is 3.21. The minimum Gasteiger partial charge on any atom is -0.250 e. The second-order valence-corrected chi connectivity index (χ2v) is 3.68. The van der Waals surface area contributed by atoms with E-state index in [1.807, 2.05) is 5.51 Å². The first kappa shape index (κ1) is 6.35. The topological polar surface area (TPSA) is 12.9 Å². The summed E-state index contributed by atoms with van der Waals surface area (Å²) in [6, 6.07) is 0. The fourth-order valence-electron chi connectivity index (χ4n) is 1.12. The van der Waals surface area contributed by atoms with E-state index >= 15 is 0 Å². The molecule has 0 radical (unpaired) electrons. The lowest BCUT2D eigenvalue weighted by molar-refractivity contribution is 0.717. The Hall–Kier alpha value is -0.370. The van der Waals surface area contributed by atoms with Crippen molar-refractivity contribution in [1.82, 2.24) is 4.98 Å². The van der Waals surface area contributed by atoms with Crippen molar-refractivity contribution in [3.8, 4) is 0 Å². The van der Waals surface area contributed by atoms with E-state index in [9.17, 15) is 0 Å². The molecule has 0 bridgehead atoms. The van der Waals surface area contributed by atoms with Gasteiger partial charge in [0.15, 0.2) is 0 Å². The third kappa shape index (κ3) is 1.57. The SMILES string of the molecule is c1nc(CCC2CC2)cs1. The number of aromatic nitrogens is 1. The van der Waals surface area contributed by atoms with Crippen molar-refractivity contribution >= 4 is 11.3 Å². The van der Waals surface area contributed by atoms with Gasteiger partial charge < -0.3 is 0 Å². The van der Waals surface area contributed by atoms with Crippen LogP contribution in [0, 0.1) is 5.92 Å². The molecule has 0 spiro atoms. The molecular weight excluding hydrogens is 142 g/mol. The summed E-state index contributed by atoms with van der Waals surface area (Å²) < 4.78 is 0. The summed E-state index contributed by atoms with van der Waals surface area (Å²) in [5, 5.41) is 2.16. The third-order valence-corrected chi connectivity index (χ3v) is 2.62. The lowest BCUT2D eigenvalue weighted by Gasteiger charge is -1.91. The molecule has 1 nitrogen and oxygen atoms in total. The predicted molar refractivity (Wildman–Crippen MR) is 43.2 cm³/mol. The zero-order chi connectivity index (χ0) is 6.81. The number of nitrogens with zero attached hydrogens (tertiary/aromatic N) is 1. The van der Waals surface area contributed by atoms with E-state index in [1.54, 1.807) is 11.3 Å². The molecule has 0 N–H and O–H groups in total. The van der Waals surface area contributed by atoms with Gasteiger partial charge in [-0.1, -0.05) is 12.8 Å². The largest absolute Gasteiger partial charge is 0.250 e. The quantitative estimate of drug-likeness (QED) is 0.650. The lowest BCUT2D eigenvalue weighted by Crippen LogP contribution is -1.85. The molecule has 2 rings (SSSR count). The van der Waals surface area contributed by atoms with E-state index in [-0.39, 0.29) is 0 Å². The fraction of sp³-hybridized carbons (Fsp3) is 0.625. The highest BCUT2D eigenvalue weighted by atomic mass is 32.1. The van der Waals surface area contributed by atoms with Crippen LogP contribution >= 0.6 is 11.3 Å². The number of hydrogen-bond donors (Lipinski definition) is 0. The normalized spacial score (nSPS) is 17.6. The molecule has 54 valence electrons. The molecular formula is C8H11NS. The minimum atomic E-state index is 1.04. The molecule has 1 aliphatic rings. The molecule has 1 aromatic rings. The van der Waals surface area contributed by atoms with Gasteiger partial charge in [0.1, 0.15) is 0 Å². The van der Waals surface area contributed by atoms with E-state index in [4.69, 9.17) is 0 Å². The molecule has 0 aromatic carbocycles. The summed E-state index contributed by atoms with van der Waals surface area (Å²) in [5.74, 6) is 1.04. The smallest absolute Gasteiger partial charge is 0.0794 e. The Bertz CT molecular complexity index is 189. The van der Waals surface area contributed by atoms with Crippen LogP contribution < -0.4 is 0 Å². The Balaban J connectivity index is 1.79. The molecule has 1 heterocycles. The van der Waals surface area contributed by atoms with Crippen molar-refractivity contribution in [3.63, 3.8) is 0 Å². The van der Waals surface area contributed by atoms with Crippen LogP contribution in [-0.4, -0.2) is 4.98 Å². The zero-order valence-electron chi connectivity index (χ0n) is 5.92. The number of aryl methyl sites for hydroxylation is 1. The van der Waals surface area contributed by atoms with Crippen molar-refractivity contribution in [3.05, 3.63) is 16.6 Å². The van der Waals surface area contributed by atoms with E-state index in [0.717, 1.165) is 5.92 Å². The van der Waals surface area contributed by atoms with Gasteiger partial charge in [-0.2, -0.15) is 0 Å². The van der Waals surface area contributed by atoms with Crippen LogP contribution in [0.3, 0.4) is 0 Å². The number of thiazole rings is 1. The second-order valence-electron chi connectivity index (χ2n) is 2.96. The van der Waals surface area contributed by atoms with Crippen LogP contribution in [0.4, 0.5) is 0 Å². The Labute approximate surface area is 65.1 Å². The van der Waals surface area contributed by atoms with Gasteiger partial charge in [-0.25, -0.2) is 4.98 Å². The first-order chi connectivity index (χ1) is 4.95. The maximum absolute atomic E-state index is 4.23. The number of rotatable bonds is 3. The van der Waals surface area contributed by atoms with E-state index in [2.05, 4.69) is 10.4 Å². The van der Waals surface area contributed by atoms with Gasteiger partial charge >= 0.3 is 0 Å². The standard InChI is InChI=1S/C8H11NS/c1-2-7(1)3-4-8-5-10-6-9-8/h5-7H,1-4H2. The first-order valence-corrected chi connectivity index (χ1v) is 4.76. The van der Waals surface area contributed by atoms with Gasteiger partial charge in [0.05, 0.1) is 11.2 Å². The molecule has 1 aromatic heterocycles. The Kier molecular flexibility index (Phi) is 1.72. The molecule has 2 heteroatoms. The summed E-state index contributed by atoms with van der Waals surface area (Å²) in [6.07, 6.45) is 5.49. The Morgan fingerprint density at radius 2 is 2.50 bits per heavy atom. The molecule has 0 amide bonds.